The van der Waals surface area contributed by atoms with Gasteiger partial charge in [0.2, 0.25) is 5.91 Å². The lowest BCUT2D eigenvalue weighted by Gasteiger charge is -2.36. The summed E-state index contributed by atoms with van der Waals surface area (Å²) in [5.74, 6) is 3.31. The van der Waals surface area contributed by atoms with Crippen LogP contribution in [0.1, 0.15) is 53.4 Å². The molecule has 2 saturated carbocycles. The average Bonchev–Trinajstić information content (AvgIpc) is 3.03. The van der Waals surface area contributed by atoms with E-state index in [2.05, 4.69) is 37.9 Å². The molecule has 0 aromatic heterocycles. The van der Waals surface area contributed by atoms with Crippen LogP contribution >= 0.6 is 0 Å². The summed E-state index contributed by atoms with van der Waals surface area (Å²) in [6.07, 6.45) is 5.82. The minimum atomic E-state index is 0.0241. The van der Waals surface area contributed by atoms with Crippen LogP contribution in [-0.4, -0.2) is 29.1 Å². The van der Waals surface area contributed by atoms with E-state index in [0.29, 0.717) is 17.9 Å². The summed E-state index contributed by atoms with van der Waals surface area (Å²) in [6, 6.07) is 0.435. The number of hydrogen-bond acceptors (Lipinski definition) is 2. The minimum absolute atomic E-state index is 0.0241. The second-order valence-electron chi connectivity index (χ2n) is 7.39. The summed E-state index contributed by atoms with van der Waals surface area (Å²) in [4.78, 5) is 14.8. The van der Waals surface area contributed by atoms with E-state index in [1.165, 1.54) is 25.7 Å². The topological polar surface area (TPSA) is 32.3 Å². The molecule has 3 rings (SSSR count). The van der Waals surface area contributed by atoms with Crippen LogP contribution in [-0.2, 0) is 4.79 Å². The lowest BCUT2D eigenvalue weighted by molar-refractivity contribution is -0.133. The summed E-state index contributed by atoms with van der Waals surface area (Å²) in [7, 11) is 0. The molecular formula is C16H28N2O. The van der Waals surface area contributed by atoms with Crippen molar-refractivity contribution in [3.8, 4) is 0 Å². The number of fused-ring (bicyclic) bond motifs is 2. The van der Waals surface area contributed by atoms with Crippen molar-refractivity contribution >= 4 is 5.91 Å². The van der Waals surface area contributed by atoms with E-state index in [4.69, 9.17) is 0 Å². The molecule has 0 aromatic carbocycles. The fraction of sp³-hybridized carbons (Fsp3) is 0.938. The van der Waals surface area contributed by atoms with Crippen LogP contribution in [0.25, 0.3) is 0 Å². The van der Waals surface area contributed by atoms with Gasteiger partial charge >= 0.3 is 0 Å². The first-order valence-electron chi connectivity index (χ1n) is 8.07. The predicted molar refractivity (Wildman–Crippen MR) is 76.5 cm³/mol. The van der Waals surface area contributed by atoms with Gasteiger partial charge in [0, 0.05) is 6.04 Å². The second kappa shape index (κ2) is 4.76. The molecule has 6 atom stereocenters. The van der Waals surface area contributed by atoms with E-state index < -0.39 is 0 Å². The Morgan fingerprint density at radius 1 is 1.21 bits per heavy atom. The van der Waals surface area contributed by atoms with Gasteiger partial charge in [0.1, 0.15) is 0 Å². The number of nitrogens with zero attached hydrogens (tertiary/aromatic N) is 1. The fourth-order valence-electron chi connectivity index (χ4n) is 4.88. The van der Waals surface area contributed by atoms with Gasteiger partial charge in [0.15, 0.2) is 0 Å². The van der Waals surface area contributed by atoms with Gasteiger partial charge in [0.25, 0.3) is 0 Å². The molecule has 1 N–H and O–H groups in total. The van der Waals surface area contributed by atoms with Gasteiger partial charge in [-0.25, -0.2) is 0 Å². The molecule has 2 aliphatic carbocycles. The van der Waals surface area contributed by atoms with Gasteiger partial charge < -0.3 is 4.90 Å². The van der Waals surface area contributed by atoms with Crippen LogP contribution < -0.4 is 5.32 Å². The summed E-state index contributed by atoms with van der Waals surface area (Å²) >= 11 is 0. The number of nitrogens with one attached hydrogen (secondary N) is 1. The third-order valence-electron chi connectivity index (χ3n) is 5.88. The maximum absolute atomic E-state index is 12.6. The van der Waals surface area contributed by atoms with Crippen LogP contribution in [0.3, 0.4) is 0 Å². The van der Waals surface area contributed by atoms with E-state index in [9.17, 15) is 4.79 Å². The Hall–Kier alpha value is -0.570. The fourth-order valence-corrected chi connectivity index (χ4v) is 4.88. The third kappa shape index (κ3) is 2.10. The predicted octanol–water partition coefficient (Wildman–Crippen LogP) is 2.61. The third-order valence-corrected chi connectivity index (χ3v) is 5.88. The average molecular weight is 264 g/mol. The highest BCUT2D eigenvalue weighted by atomic mass is 16.2. The van der Waals surface area contributed by atoms with Crippen molar-refractivity contribution in [3.05, 3.63) is 0 Å². The molecule has 1 saturated heterocycles. The van der Waals surface area contributed by atoms with Gasteiger partial charge in [-0.05, 0) is 56.8 Å². The van der Waals surface area contributed by atoms with Gasteiger partial charge in [-0.2, -0.15) is 0 Å². The van der Waals surface area contributed by atoms with Gasteiger partial charge in [0.05, 0.1) is 12.2 Å². The van der Waals surface area contributed by atoms with Gasteiger partial charge in [-0.15, -0.1) is 0 Å². The summed E-state index contributed by atoms with van der Waals surface area (Å²) in [5.41, 5.74) is 0. The maximum atomic E-state index is 12.6. The Bertz CT molecular complexity index is 368. The quantitative estimate of drug-likeness (QED) is 0.850. The monoisotopic (exact) mass is 264 g/mol. The lowest BCUT2D eigenvalue weighted by atomic mass is 9.83. The van der Waals surface area contributed by atoms with Gasteiger partial charge in [-0.1, -0.05) is 20.3 Å². The first kappa shape index (κ1) is 13.4. The minimum Gasteiger partial charge on any atom is -0.323 e. The SMILES string of the molecule is CC(C)C1NC(C)N(C(C)C2CC3CCC2C3)C1=O. The van der Waals surface area contributed by atoms with E-state index in [-0.39, 0.29) is 12.2 Å². The van der Waals surface area contributed by atoms with Crippen molar-refractivity contribution in [2.24, 2.45) is 23.7 Å². The van der Waals surface area contributed by atoms with E-state index in [1.807, 2.05) is 0 Å². The standard InChI is InChI=1S/C16H28N2O/c1-9(2)15-16(19)18(11(4)17-15)10(3)14-8-12-5-6-13(14)7-12/h9-15,17H,5-8H2,1-4H3. The van der Waals surface area contributed by atoms with Crippen LogP contribution in [0, 0.1) is 23.7 Å². The molecule has 1 amide bonds. The smallest absolute Gasteiger partial charge is 0.241 e. The Kier molecular flexibility index (Phi) is 3.36. The zero-order valence-electron chi connectivity index (χ0n) is 12.7. The molecular weight excluding hydrogens is 236 g/mol. The van der Waals surface area contributed by atoms with Crippen molar-refractivity contribution in [1.82, 2.24) is 10.2 Å². The first-order valence-corrected chi connectivity index (χ1v) is 8.07. The zero-order valence-corrected chi connectivity index (χ0v) is 12.7. The molecule has 19 heavy (non-hydrogen) atoms. The molecule has 3 heteroatoms. The van der Waals surface area contributed by atoms with Crippen molar-refractivity contribution in [1.29, 1.82) is 0 Å². The molecule has 3 nitrogen and oxygen atoms in total. The Morgan fingerprint density at radius 3 is 2.42 bits per heavy atom. The van der Waals surface area contributed by atoms with Crippen LogP contribution in [0.4, 0.5) is 0 Å². The molecule has 108 valence electrons. The van der Waals surface area contributed by atoms with Crippen molar-refractivity contribution < 1.29 is 4.79 Å². The second-order valence-corrected chi connectivity index (χ2v) is 7.39. The van der Waals surface area contributed by atoms with Crippen LogP contribution in [0.5, 0.6) is 0 Å². The summed E-state index contributed by atoms with van der Waals surface area (Å²) in [6.45, 7) is 8.69. The van der Waals surface area contributed by atoms with E-state index in [0.717, 1.165) is 17.8 Å². The maximum Gasteiger partial charge on any atom is 0.241 e. The Labute approximate surface area is 117 Å². The molecule has 1 aliphatic heterocycles. The normalized spacial score (nSPS) is 43.5. The molecule has 2 bridgehead atoms. The highest BCUT2D eigenvalue weighted by Crippen LogP contribution is 2.50. The van der Waals surface area contributed by atoms with Crippen molar-refractivity contribution in [2.75, 3.05) is 0 Å². The summed E-state index contributed by atoms with van der Waals surface area (Å²) in [5, 5.41) is 3.48. The Balaban J connectivity index is 1.73. The number of hydrogen-bond donors (Lipinski definition) is 1. The van der Waals surface area contributed by atoms with E-state index >= 15 is 0 Å². The summed E-state index contributed by atoms with van der Waals surface area (Å²) < 4.78 is 0. The highest BCUT2D eigenvalue weighted by molar-refractivity contribution is 5.84. The molecule has 1 heterocycles. The van der Waals surface area contributed by atoms with Crippen molar-refractivity contribution in [3.63, 3.8) is 0 Å². The molecule has 0 aromatic rings. The molecule has 3 fully saturated rings. The largest absolute Gasteiger partial charge is 0.323 e. The van der Waals surface area contributed by atoms with Crippen molar-refractivity contribution in [2.45, 2.75) is 71.6 Å². The first-order chi connectivity index (χ1) is 8.99. The molecule has 3 aliphatic rings. The lowest BCUT2D eigenvalue weighted by Crippen LogP contribution is -2.46. The van der Waals surface area contributed by atoms with Crippen LogP contribution in [0.15, 0.2) is 0 Å². The number of carbonyl (C=O) groups excluding carboxylic acids is 1. The molecule has 0 spiro atoms. The van der Waals surface area contributed by atoms with Crippen LogP contribution in [0.2, 0.25) is 0 Å². The zero-order chi connectivity index (χ0) is 13.7. The van der Waals surface area contributed by atoms with Gasteiger partial charge in [-0.3, -0.25) is 10.1 Å². The Morgan fingerprint density at radius 2 is 1.95 bits per heavy atom. The highest BCUT2D eigenvalue weighted by Gasteiger charge is 2.48. The number of amides is 1. The number of carbonyl (C=O) groups is 1. The number of rotatable bonds is 3. The van der Waals surface area contributed by atoms with E-state index in [1.54, 1.807) is 0 Å². The molecule has 6 unspecified atom stereocenters. The molecule has 0 radical (unpaired) electrons.